The van der Waals surface area contributed by atoms with Crippen LogP contribution in [0, 0.1) is 0 Å². The monoisotopic (exact) mass is 334 g/mol. The number of sulfonamides is 1. The molecule has 9 heteroatoms. The summed E-state index contributed by atoms with van der Waals surface area (Å²) in [5, 5.41) is 9.08. The van der Waals surface area contributed by atoms with Crippen molar-refractivity contribution in [1.82, 2.24) is 4.72 Å². The first-order valence-electron chi connectivity index (χ1n) is 6.08. The number of benzene rings is 1. The Labute approximate surface area is 126 Å². The van der Waals surface area contributed by atoms with Crippen LogP contribution in [0.3, 0.4) is 0 Å². The van der Waals surface area contributed by atoms with Crippen LogP contribution < -0.4 is 10.5 Å². The molecule has 0 heterocycles. The number of aromatic carboxylic acids is 1. The predicted molar refractivity (Wildman–Crippen MR) is 81.1 cm³/mol. The van der Waals surface area contributed by atoms with Crippen molar-refractivity contribution in [3.63, 3.8) is 0 Å². The number of carboxylic acids is 1. The number of carboxylic acid groups (broad SMARTS) is 1. The highest BCUT2D eigenvalue weighted by Crippen LogP contribution is 2.19. The summed E-state index contributed by atoms with van der Waals surface area (Å²) in [4.78, 5) is 10.8. The van der Waals surface area contributed by atoms with Gasteiger partial charge in [0.05, 0.1) is 10.5 Å². The van der Waals surface area contributed by atoms with E-state index in [4.69, 9.17) is 10.8 Å². The van der Waals surface area contributed by atoms with E-state index >= 15 is 0 Å². The fraction of sp³-hybridized carbons (Fsp3) is 0.417. The molecular formula is C12H18N2O5S2. The van der Waals surface area contributed by atoms with Crippen molar-refractivity contribution < 1.29 is 22.5 Å². The van der Waals surface area contributed by atoms with Crippen molar-refractivity contribution in [2.45, 2.75) is 24.3 Å². The molecule has 0 aliphatic heterocycles. The van der Waals surface area contributed by atoms with Crippen molar-refractivity contribution >= 4 is 32.5 Å². The van der Waals surface area contributed by atoms with E-state index in [-0.39, 0.29) is 16.1 Å². The highest BCUT2D eigenvalue weighted by atomic mass is 32.2. The molecule has 0 saturated heterocycles. The topological polar surface area (TPSA) is 127 Å². The Morgan fingerprint density at radius 3 is 2.62 bits per heavy atom. The molecule has 0 aliphatic rings. The van der Waals surface area contributed by atoms with Gasteiger partial charge in [0, 0.05) is 34.5 Å². The first kappa shape index (κ1) is 17.6. The van der Waals surface area contributed by atoms with Gasteiger partial charge in [0.2, 0.25) is 10.0 Å². The van der Waals surface area contributed by atoms with Crippen LogP contribution in [-0.4, -0.2) is 41.8 Å². The number of nitrogens with two attached hydrogens (primary N) is 1. The van der Waals surface area contributed by atoms with Crippen molar-refractivity contribution in [2.75, 3.05) is 17.7 Å². The first-order valence-corrected chi connectivity index (χ1v) is 9.29. The molecule has 0 radical (unpaired) electrons. The molecule has 7 nitrogen and oxygen atoms in total. The van der Waals surface area contributed by atoms with E-state index in [0.29, 0.717) is 12.2 Å². The molecule has 0 saturated carbocycles. The highest BCUT2D eigenvalue weighted by Gasteiger charge is 2.24. The number of nitrogens with one attached hydrogen (secondary N) is 1. The number of rotatable bonds is 7. The van der Waals surface area contributed by atoms with Crippen molar-refractivity contribution in [3.05, 3.63) is 23.8 Å². The minimum atomic E-state index is -3.99. The number of carbonyl (C=O) groups is 1. The third-order valence-electron chi connectivity index (χ3n) is 2.72. The molecule has 0 bridgehead atoms. The Morgan fingerprint density at radius 1 is 1.48 bits per heavy atom. The van der Waals surface area contributed by atoms with Gasteiger partial charge < -0.3 is 10.8 Å². The normalized spacial score (nSPS) is 14.6. The molecule has 0 fully saturated rings. The molecule has 1 aromatic rings. The lowest BCUT2D eigenvalue weighted by Crippen LogP contribution is -2.34. The molecule has 0 amide bonds. The van der Waals surface area contributed by atoms with Crippen molar-refractivity contribution in [1.29, 1.82) is 0 Å². The van der Waals surface area contributed by atoms with Crippen LogP contribution in [0.2, 0.25) is 0 Å². The summed E-state index contributed by atoms with van der Waals surface area (Å²) in [6.07, 6.45) is 1.92. The summed E-state index contributed by atoms with van der Waals surface area (Å²) in [6.45, 7) is 1.63. The zero-order valence-corrected chi connectivity index (χ0v) is 13.3. The van der Waals surface area contributed by atoms with Crippen LogP contribution in [0.15, 0.2) is 23.1 Å². The third-order valence-corrected chi connectivity index (χ3v) is 5.18. The number of hydrogen-bond acceptors (Lipinski definition) is 5. The maximum Gasteiger partial charge on any atom is 0.337 e. The summed E-state index contributed by atoms with van der Waals surface area (Å²) in [5.41, 5.74) is 5.27. The minimum Gasteiger partial charge on any atom is -0.478 e. The van der Waals surface area contributed by atoms with Gasteiger partial charge in [-0.2, -0.15) is 0 Å². The van der Waals surface area contributed by atoms with Gasteiger partial charge in [0.1, 0.15) is 0 Å². The molecule has 0 spiro atoms. The van der Waals surface area contributed by atoms with Crippen molar-refractivity contribution in [2.24, 2.45) is 0 Å². The SMILES string of the molecule is CC(CCS(C)=O)NS(=O)(=O)c1ccc(N)cc1C(=O)O. The number of nitrogen functional groups attached to an aromatic ring is 1. The lowest BCUT2D eigenvalue weighted by molar-refractivity contribution is 0.0692. The molecule has 0 aromatic heterocycles. The molecule has 1 rings (SSSR count). The van der Waals surface area contributed by atoms with Crippen LogP contribution in [0.1, 0.15) is 23.7 Å². The van der Waals surface area contributed by atoms with Crippen molar-refractivity contribution in [3.8, 4) is 0 Å². The Bertz CT molecular complexity index is 658. The van der Waals surface area contributed by atoms with Gasteiger partial charge in [-0.3, -0.25) is 4.21 Å². The summed E-state index contributed by atoms with van der Waals surface area (Å²) >= 11 is 0. The third kappa shape index (κ3) is 5.10. The standard InChI is InChI=1S/C12H18N2O5S2/c1-8(5-6-20(2)17)14-21(18,19)11-4-3-9(13)7-10(11)12(15)16/h3-4,7-8,14H,5-6,13H2,1-2H3,(H,15,16). The number of anilines is 1. The van der Waals surface area contributed by atoms with Gasteiger partial charge in [-0.1, -0.05) is 0 Å². The molecule has 4 N–H and O–H groups in total. The van der Waals surface area contributed by atoms with Crippen LogP contribution in [-0.2, 0) is 20.8 Å². The van der Waals surface area contributed by atoms with E-state index in [9.17, 15) is 17.4 Å². The largest absolute Gasteiger partial charge is 0.478 e. The fourth-order valence-electron chi connectivity index (χ4n) is 1.68. The molecule has 1 aromatic carbocycles. The van der Waals surface area contributed by atoms with Gasteiger partial charge >= 0.3 is 5.97 Å². The molecule has 21 heavy (non-hydrogen) atoms. The number of hydrogen-bond donors (Lipinski definition) is 3. The van der Waals surface area contributed by atoms with Gasteiger partial charge in [-0.25, -0.2) is 17.9 Å². The smallest absolute Gasteiger partial charge is 0.337 e. The summed E-state index contributed by atoms with van der Waals surface area (Å²) in [7, 11) is -5.00. The van der Waals surface area contributed by atoms with Crippen LogP contribution in [0.5, 0.6) is 0 Å². The van der Waals surface area contributed by atoms with Crippen LogP contribution >= 0.6 is 0 Å². The summed E-state index contributed by atoms with van der Waals surface area (Å²) < 4.78 is 37.8. The molecule has 2 atom stereocenters. The highest BCUT2D eigenvalue weighted by molar-refractivity contribution is 7.89. The van der Waals surface area contributed by atoms with E-state index < -0.39 is 32.8 Å². The van der Waals surface area contributed by atoms with E-state index in [1.54, 1.807) is 6.92 Å². The van der Waals surface area contributed by atoms with Crippen LogP contribution in [0.25, 0.3) is 0 Å². The van der Waals surface area contributed by atoms with Gasteiger partial charge in [0.25, 0.3) is 0 Å². The molecule has 0 aliphatic carbocycles. The maximum atomic E-state index is 12.2. The second kappa shape index (κ2) is 7.01. The Morgan fingerprint density at radius 2 is 2.10 bits per heavy atom. The van der Waals surface area contributed by atoms with E-state index in [1.165, 1.54) is 12.3 Å². The van der Waals surface area contributed by atoms with Gasteiger partial charge in [-0.15, -0.1) is 0 Å². The average Bonchev–Trinajstić information content (AvgIpc) is 2.35. The zero-order chi connectivity index (χ0) is 16.2. The van der Waals surface area contributed by atoms with E-state index in [0.717, 1.165) is 12.1 Å². The summed E-state index contributed by atoms with van der Waals surface area (Å²) in [6, 6.07) is 3.12. The van der Waals surface area contributed by atoms with Gasteiger partial charge in [-0.05, 0) is 31.5 Å². The van der Waals surface area contributed by atoms with Gasteiger partial charge in [0.15, 0.2) is 0 Å². The molecule has 118 valence electrons. The zero-order valence-electron chi connectivity index (χ0n) is 11.7. The second-order valence-electron chi connectivity index (χ2n) is 4.65. The van der Waals surface area contributed by atoms with E-state index in [2.05, 4.69) is 4.72 Å². The predicted octanol–water partition coefficient (Wildman–Crippen LogP) is 0.402. The Kier molecular flexibility index (Phi) is 5.87. The lowest BCUT2D eigenvalue weighted by Gasteiger charge is -2.15. The van der Waals surface area contributed by atoms with Crippen LogP contribution in [0.4, 0.5) is 5.69 Å². The average molecular weight is 334 g/mol. The Balaban J connectivity index is 3.03. The summed E-state index contributed by atoms with van der Waals surface area (Å²) in [5.74, 6) is -1.01. The molecule has 2 unspecified atom stereocenters. The second-order valence-corrected chi connectivity index (χ2v) is 7.89. The maximum absolute atomic E-state index is 12.2. The Hall–Kier alpha value is -1.45. The first-order chi connectivity index (χ1) is 9.63. The lowest BCUT2D eigenvalue weighted by atomic mass is 10.2. The quantitative estimate of drug-likeness (QED) is 0.620. The van der Waals surface area contributed by atoms with E-state index in [1.807, 2.05) is 0 Å². The molecular weight excluding hydrogens is 316 g/mol. The fourth-order valence-corrected chi connectivity index (χ4v) is 3.82. The minimum absolute atomic E-state index is 0.167.